The molecule has 106 valence electrons. The van der Waals surface area contributed by atoms with E-state index in [2.05, 4.69) is 4.72 Å². The Labute approximate surface area is 113 Å². The Morgan fingerprint density at radius 1 is 1.37 bits per heavy atom. The first kappa shape index (κ1) is 14.3. The van der Waals surface area contributed by atoms with E-state index in [9.17, 15) is 13.5 Å². The van der Waals surface area contributed by atoms with Crippen LogP contribution in [0.15, 0.2) is 24.3 Å². The Morgan fingerprint density at radius 3 is 2.79 bits per heavy atom. The predicted octanol–water partition coefficient (Wildman–Crippen LogP) is 0.849. The van der Waals surface area contributed by atoms with E-state index < -0.39 is 10.0 Å². The van der Waals surface area contributed by atoms with Gasteiger partial charge in [0.1, 0.15) is 0 Å². The summed E-state index contributed by atoms with van der Waals surface area (Å²) in [5.74, 6) is -0.0449. The van der Waals surface area contributed by atoms with Crippen LogP contribution in [0, 0.1) is 5.92 Å². The maximum absolute atomic E-state index is 11.9. The van der Waals surface area contributed by atoms with Gasteiger partial charge in [0.15, 0.2) is 0 Å². The molecule has 0 radical (unpaired) electrons. The molecule has 1 saturated carbocycles. The number of aliphatic hydroxyl groups excluding tert-OH is 1. The Kier molecular flexibility index (Phi) is 4.44. The first-order valence-corrected chi connectivity index (χ1v) is 8.11. The van der Waals surface area contributed by atoms with Gasteiger partial charge in [-0.1, -0.05) is 18.6 Å². The molecule has 0 spiro atoms. The quantitative estimate of drug-likeness (QED) is 0.699. The molecule has 1 aliphatic carbocycles. The van der Waals surface area contributed by atoms with Crippen molar-refractivity contribution in [3.05, 3.63) is 29.8 Å². The van der Waals surface area contributed by atoms with E-state index in [1.54, 1.807) is 24.3 Å². The highest BCUT2D eigenvalue weighted by Crippen LogP contribution is 2.24. The molecule has 0 aliphatic heterocycles. The summed E-state index contributed by atoms with van der Waals surface area (Å²) in [6, 6.07) is 6.85. The van der Waals surface area contributed by atoms with E-state index in [0.717, 1.165) is 19.3 Å². The second-order valence-electron chi connectivity index (χ2n) is 5.11. The maximum Gasteiger partial charge on any atom is 0.215 e. The maximum atomic E-state index is 11.9. The lowest BCUT2D eigenvalue weighted by molar-refractivity contribution is 0.134. The predicted molar refractivity (Wildman–Crippen MR) is 74.8 cm³/mol. The van der Waals surface area contributed by atoms with E-state index in [1.165, 1.54) is 0 Å². The minimum Gasteiger partial charge on any atom is -0.399 e. The molecule has 2 unspecified atom stereocenters. The topological polar surface area (TPSA) is 92.4 Å². The molecule has 0 aromatic heterocycles. The summed E-state index contributed by atoms with van der Waals surface area (Å²) in [5, 5.41) is 9.66. The van der Waals surface area contributed by atoms with Gasteiger partial charge in [0.05, 0.1) is 11.9 Å². The Bertz CT molecular complexity index is 530. The van der Waals surface area contributed by atoms with Crippen LogP contribution < -0.4 is 10.5 Å². The Morgan fingerprint density at radius 2 is 2.16 bits per heavy atom. The lowest BCUT2D eigenvalue weighted by Gasteiger charge is -2.15. The fraction of sp³-hybridized carbons (Fsp3) is 0.538. The lowest BCUT2D eigenvalue weighted by atomic mass is 10.1. The highest BCUT2D eigenvalue weighted by molar-refractivity contribution is 7.88. The van der Waals surface area contributed by atoms with Gasteiger partial charge in [-0.3, -0.25) is 0 Å². The van der Waals surface area contributed by atoms with Gasteiger partial charge in [-0.15, -0.1) is 0 Å². The minimum absolute atomic E-state index is 0.0376. The Balaban J connectivity index is 1.91. The number of nitrogen functional groups attached to an aromatic ring is 1. The smallest absolute Gasteiger partial charge is 0.215 e. The summed E-state index contributed by atoms with van der Waals surface area (Å²) >= 11 is 0. The second kappa shape index (κ2) is 5.90. The second-order valence-corrected chi connectivity index (χ2v) is 6.92. The first-order valence-electron chi connectivity index (χ1n) is 6.46. The van der Waals surface area contributed by atoms with Crippen molar-refractivity contribution < 1.29 is 13.5 Å². The van der Waals surface area contributed by atoms with E-state index >= 15 is 0 Å². The van der Waals surface area contributed by atoms with Crippen molar-refractivity contribution in [2.45, 2.75) is 31.1 Å². The molecule has 2 atom stereocenters. The monoisotopic (exact) mass is 284 g/mol. The van der Waals surface area contributed by atoms with Gasteiger partial charge in [0.2, 0.25) is 10.0 Å². The fourth-order valence-corrected chi connectivity index (χ4v) is 3.63. The normalized spacial score (nSPS) is 23.6. The molecule has 6 heteroatoms. The van der Waals surface area contributed by atoms with Crippen LogP contribution in [0.25, 0.3) is 0 Å². The van der Waals surface area contributed by atoms with Crippen molar-refractivity contribution in [1.82, 2.24) is 4.72 Å². The van der Waals surface area contributed by atoms with E-state index in [1.807, 2.05) is 0 Å². The fourth-order valence-electron chi connectivity index (χ4n) is 2.44. The molecule has 1 aromatic carbocycles. The van der Waals surface area contributed by atoms with Crippen molar-refractivity contribution in [2.75, 3.05) is 12.3 Å². The van der Waals surface area contributed by atoms with Crippen molar-refractivity contribution in [2.24, 2.45) is 5.92 Å². The highest BCUT2D eigenvalue weighted by Gasteiger charge is 2.26. The summed E-state index contributed by atoms with van der Waals surface area (Å²) in [4.78, 5) is 0. The number of hydrogen-bond acceptors (Lipinski definition) is 4. The van der Waals surface area contributed by atoms with Crippen LogP contribution in [0.1, 0.15) is 24.8 Å². The number of anilines is 1. The summed E-state index contributed by atoms with van der Waals surface area (Å²) in [5.41, 5.74) is 6.84. The molecular weight excluding hydrogens is 264 g/mol. The summed E-state index contributed by atoms with van der Waals surface area (Å²) < 4.78 is 26.5. The molecular formula is C13H20N2O3S. The number of hydrogen-bond donors (Lipinski definition) is 3. The Hall–Kier alpha value is -1.11. The van der Waals surface area contributed by atoms with Crippen LogP contribution in [0.5, 0.6) is 0 Å². The van der Waals surface area contributed by atoms with Gasteiger partial charge in [-0.25, -0.2) is 13.1 Å². The largest absolute Gasteiger partial charge is 0.399 e. The third-order valence-corrected chi connectivity index (χ3v) is 4.81. The average Bonchev–Trinajstić information content (AvgIpc) is 2.72. The summed E-state index contributed by atoms with van der Waals surface area (Å²) in [6.07, 6.45) is 2.22. The molecule has 0 saturated heterocycles. The van der Waals surface area contributed by atoms with Crippen LogP contribution in [-0.4, -0.2) is 26.2 Å². The molecule has 0 amide bonds. The van der Waals surface area contributed by atoms with Crippen LogP contribution in [0.4, 0.5) is 5.69 Å². The van der Waals surface area contributed by atoms with E-state index in [4.69, 9.17) is 5.73 Å². The summed E-state index contributed by atoms with van der Waals surface area (Å²) in [7, 11) is -3.38. The van der Waals surface area contributed by atoms with E-state index in [0.29, 0.717) is 17.8 Å². The number of nitrogens with two attached hydrogens (primary N) is 1. The van der Waals surface area contributed by atoms with Gasteiger partial charge < -0.3 is 10.8 Å². The molecule has 2 rings (SSSR count). The van der Waals surface area contributed by atoms with Crippen molar-refractivity contribution in [3.8, 4) is 0 Å². The van der Waals surface area contributed by atoms with Gasteiger partial charge in [-0.2, -0.15) is 0 Å². The first-order chi connectivity index (χ1) is 8.96. The van der Waals surface area contributed by atoms with Crippen molar-refractivity contribution in [3.63, 3.8) is 0 Å². The average molecular weight is 284 g/mol. The molecule has 1 fully saturated rings. The molecule has 5 nitrogen and oxygen atoms in total. The number of benzene rings is 1. The van der Waals surface area contributed by atoms with Crippen molar-refractivity contribution in [1.29, 1.82) is 0 Å². The number of rotatable bonds is 5. The zero-order valence-corrected chi connectivity index (χ0v) is 11.6. The molecule has 0 heterocycles. The molecule has 0 bridgehead atoms. The third-order valence-electron chi connectivity index (χ3n) is 3.49. The van der Waals surface area contributed by atoms with Crippen LogP contribution in [0.3, 0.4) is 0 Å². The zero-order valence-electron chi connectivity index (χ0n) is 10.7. The van der Waals surface area contributed by atoms with Crippen molar-refractivity contribution >= 4 is 15.7 Å². The molecule has 1 aromatic rings. The molecule has 1 aliphatic rings. The lowest BCUT2D eigenvalue weighted by Crippen LogP contribution is -2.33. The molecule has 4 N–H and O–H groups in total. The van der Waals surface area contributed by atoms with Gasteiger partial charge in [0, 0.05) is 12.2 Å². The van der Waals surface area contributed by atoms with Crippen LogP contribution in [0.2, 0.25) is 0 Å². The minimum atomic E-state index is -3.38. The van der Waals surface area contributed by atoms with Gasteiger partial charge in [-0.05, 0) is 36.5 Å². The van der Waals surface area contributed by atoms with Crippen LogP contribution in [-0.2, 0) is 15.8 Å². The highest BCUT2D eigenvalue weighted by atomic mass is 32.2. The summed E-state index contributed by atoms with van der Waals surface area (Å²) in [6.45, 7) is 0.311. The number of sulfonamides is 1. The third kappa shape index (κ3) is 4.19. The SMILES string of the molecule is Nc1cccc(CS(=O)(=O)NCC2CCCC2O)c1. The van der Waals surface area contributed by atoms with Gasteiger partial charge in [0.25, 0.3) is 0 Å². The van der Waals surface area contributed by atoms with E-state index in [-0.39, 0.29) is 17.8 Å². The zero-order chi connectivity index (χ0) is 13.9. The standard InChI is InChI=1S/C13H20N2O3S/c14-12-5-1-3-10(7-12)9-19(17,18)15-8-11-4-2-6-13(11)16/h1,3,5,7,11,13,15-16H,2,4,6,8-9,14H2. The number of aliphatic hydroxyl groups is 1. The van der Waals surface area contributed by atoms with Crippen LogP contribution >= 0.6 is 0 Å². The van der Waals surface area contributed by atoms with Gasteiger partial charge >= 0.3 is 0 Å². The molecule has 19 heavy (non-hydrogen) atoms. The number of nitrogens with one attached hydrogen (secondary N) is 1.